The molecule has 1 heterocycles. The van der Waals surface area contributed by atoms with E-state index in [1.807, 2.05) is 11.0 Å². The third kappa shape index (κ3) is 5.06. The van der Waals surface area contributed by atoms with Crippen LogP contribution >= 0.6 is 39.7 Å². The number of hydrogen-bond acceptors (Lipinski definition) is 4. The van der Waals surface area contributed by atoms with Crippen LogP contribution in [0.4, 0.5) is 5.82 Å². The van der Waals surface area contributed by atoms with Crippen molar-refractivity contribution in [1.29, 1.82) is 0 Å². The van der Waals surface area contributed by atoms with E-state index in [0.29, 0.717) is 41.9 Å². The number of pyridine rings is 1. The van der Waals surface area contributed by atoms with Crippen molar-refractivity contribution in [3.63, 3.8) is 0 Å². The van der Waals surface area contributed by atoms with Gasteiger partial charge in [-0.2, -0.15) is 0 Å². The van der Waals surface area contributed by atoms with Gasteiger partial charge in [0.15, 0.2) is 0 Å². The number of hydrogen-bond donors (Lipinski definition) is 1. The van der Waals surface area contributed by atoms with E-state index in [1.165, 1.54) is 0 Å². The highest BCUT2D eigenvalue weighted by atomic mass is 79.9. The lowest BCUT2D eigenvalue weighted by molar-refractivity contribution is 0.205. The van der Waals surface area contributed by atoms with E-state index in [-0.39, 0.29) is 0 Å². The van der Waals surface area contributed by atoms with E-state index < -0.39 is 0 Å². The molecule has 0 aliphatic rings. The van der Waals surface area contributed by atoms with Crippen LogP contribution in [0.2, 0.25) is 5.02 Å². The Kier molecular flexibility index (Phi) is 6.85. The van der Waals surface area contributed by atoms with Gasteiger partial charge >= 0.3 is 0 Å². The van der Waals surface area contributed by atoms with Crippen LogP contribution in [-0.2, 0) is 4.74 Å². The summed E-state index contributed by atoms with van der Waals surface area (Å²) < 4.78 is 5.92. The van der Waals surface area contributed by atoms with Crippen molar-refractivity contribution in [2.75, 3.05) is 31.7 Å². The molecule has 0 atom stereocenters. The molecule has 0 unspecified atom stereocenters. The molecule has 18 heavy (non-hydrogen) atoms. The highest BCUT2D eigenvalue weighted by Crippen LogP contribution is 2.26. The molecule has 0 aliphatic carbocycles. The summed E-state index contributed by atoms with van der Waals surface area (Å²) in [6.07, 6.45) is 2.33. The maximum atomic E-state index is 6.18. The van der Waals surface area contributed by atoms with Gasteiger partial charge in [-0.1, -0.05) is 23.8 Å². The van der Waals surface area contributed by atoms with Crippen LogP contribution in [0.3, 0.4) is 0 Å². The number of ether oxygens (including phenoxy) is 1. The standard InChI is InChI=1S/C11H15BrClN3OS/c1-17-5-4-16(3-2-10(14)18)11-9(13)6-8(12)7-15-11/h6-7H,2-5H2,1H3,(H2,14,18). The molecule has 0 amide bonds. The van der Waals surface area contributed by atoms with Crippen molar-refractivity contribution in [2.45, 2.75) is 6.42 Å². The predicted molar refractivity (Wildman–Crippen MR) is 82.4 cm³/mol. The Labute approximate surface area is 126 Å². The molecule has 0 radical (unpaired) electrons. The number of aromatic nitrogens is 1. The Bertz CT molecular complexity index is 419. The van der Waals surface area contributed by atoms with Gasteiger partial charge in [-0.3, -0.25) is 0 Å². The van der Waals surface area contributed by atoms with Gasteiger partial charge in [0.1, 0.15) is 5.82 Å². The summed E-state index contributed by atoms with van der Waals surface area (Å²) in [4.78, 5) is 6.81. The quantitative estimate of drug-likeness (QED) is 0.765. The molecule has 7 heteroatoms. The minimum absolute atomic E-state index is 0.477. The molecule has 1 rings (SSSR count). The van der Waals surface area contributed by atoms with E-state index >= 15 is 0 Å². The fourth-order valence-corrected chi connectivity index (χ4v) is 2.25. The Hall–Kier alpha value is -0.430. The highest BCUT2D eigenvalue weighted by molar-refractivity contribution is 9.10. The monoisotopic (exact) mass is 351 g/mol. The smallest absolute Gasteiger partial charge is 0.147 e. The number of methoxy groups -OCH3 is 1. The fourth-order valence-electron chi connectivity index (χ4n) is 1.41. The molecule has 0 spiro atoms. The number of nitrogens with zero attached hydrogens (tertiary/aromatic N) is 2. The van der Waals surface area contributed by atoms with Crippen molar-refractivity contribution in [1.82, 2.24) is 4.98 Å². The molecule has 0 fully saturated rings. The van der Waals surface area contributed by atoms with Gasteiger partial charge in [-0.25, -0.2) is 4.98 Å². The van der Waals surface area contributed by atoms with Crippen molar-refractivity contribution in [3.8, 4) is 0 Å². The average Bonchev–Trinajstić information content (AvgIpc) is 2.30. The van der Waals surface area contributed by atoms with Crippen LogP contribution in [0.25, 0.3) is 0 Å². The molecular weight excluding hydrogens is 338 g/mol. The zero-order chi connectivity index (χ0) is 13.5. The molecule has 100 valence electrons. The van der Waals surface area contributed by atoms with E-state index in [4.69, 9.17) is 34.3 Å². The Morgan fingerprint density at radius 1 is 1.61 bits per heavy atom. The van der Waals surface area contributed by atoms with Gasteiger partial charge < -0.3 is 15.4 Å². The lowest BCUT2D eigenvalue weighted by Crippen LogP contribution is -2.31. The molecule has 0 saturated heterocycles. The molecule has 2 N–H and O–H groups in total. The molecular formula is C11H15BrClN3OS. The summed E-state index contributed by atoms with van der Waals surface area (Å²) in [5.74, 6) is 0.716. The van der Waals surface area contributed by atoms with Crippen molar-refractivity contribution < 1.29 is 4.74 Å². The zero-order valence-electron chi connectivity index (χ0n) is 10.0. The molecule has 0 aliphatic heterocycles. The maximum absolute atomic E-state index is 6.18. The second-order valence-corrected chi connectivity index (χ2v) is 5.50. The number of rotatable bonds is 7. The van der Waals surface area contributed by atoms with Crippen LogP contribution in [0.5, 0.6) is 0 Å². The zero-order valence-corrected chi connectivity index (χ0v) is 13.2. The second-order valence-electron chi connectivity index (χ2n) is 3.66. The maximum Gasteiger partial charge on any atom is 0.147 e. The van der Waals surface area contributed by atoms with Crippen molar-refractivity contribution in [3.05, 3.63) is 21.8 Å². The average molecular weight is 353 g/mol. The highest BCUT2D eigenvalue weighted by Gasteiger charge is 2.12. The SMILES string of the molecule is COCCN(CCC(N)=S)c1ncc(Br)cc1Cl. The molecule has 0 saturated carbocycles. The van der Waals surface area contributed by atoms with Crippen LogP contribution in [0.15, 0.2) is 16.7 Å². The van der Waals surface area contributed by atoms with E-state index in [2.05, 4.69) is 20.9 Å². The van der Waals surface area contributed by atoms with Crippen molar-refractivity contribution >= 4 is 50.6 Å². The van der Waals surface area contributed by atoms with Gasteiger partial charge in [0.05, 0.1) is 16.6 Å². The first-order valence-electron chi connectivity index (χ1n) is 5.38. The summed E-state index contributed by atoms with van der Waals surface area (Å²) in [6, 6.07) is 1.81. The van der Waals surface area contributed by atoms with Crippen LogP contribution < -0.4 is 10.6 Å². The van der Waals surface area contributed by atoms with Gasteiger partial charge in [0.2, 0.25) is 0 Å². The van der Waals surface area contributed by atoms with Crippen LogP contribution in [-0.4, -0.2) is 36.8 Å². The lowest BCUT2D eigenvalue weighted by Gasteiger charge is -2.24. The number of thiocarbonyl (C=S) groups is 1. The number of anilines is 1. The Balaban J connectivity index is 2.82. The first-order chi connectivity index (χ1) is 8.54. The van der Waals surface area contributed by atoms with E-state index in [9.17, 15) is 0 Å². The molecule has 0 bridgehead atoms. The van der Waals surface area contributed by atoms with Gasteiger partial charge in [0, 0.05) is 37.3 Å². The molecule has 0 aromatic carbocycles. The third-order valence-corrected chi connectivity index (χ3v) is 3.20. The van der Waals surface area contributed by atoms with E-state index in [0.717, 1.165) is 4.47 Å². The molecule has 1 aromatic heterocycles. The van der Waals surface area contributed by atoms with Gasteiger partial charge in [-0.05, 0) is 22.0 Å². The topological polar surface area (TPSA) is 51.4 Å². The first-order valence-corrected chi connectivity index (χ1v) is 6.95. The fraction of sp³-hybridized carbons (Fsp3) is 0.455. The number of halogens is 2. The summed E-state index contributed by atoms with van der Waals surface area (Å²) >= 11 is 14.4. The van der Waals surface area contributed by atoms with Gasteiger partial charge in [0.25, 0.3) is 0 Å². The summed E-state index contributed by atoms with van der Waals surface area (Å²) in [5, 5.41) is 0.586. The summed E-state index contributed by atoms with van der Waals surface area (Å²) in [7, 11) is 1.66. The van der Waals surface area contributed by atoms with E-state index in [1.54, 1.807) is 13.3 Å². The van der Waals surface area contributed by atoms with Crippen LogP contribution in [0, 0.1) is 0 Å². The molecule has 4 nitrogen and oxygen atoms in total. The second kappa shape index (κ2) is 7.89. The first kappa shape index (κ1) is 15.6. The van der Waals surface area contributed by atoms with Gasteiger partial charge in [-0.15, -0.1) is 0 Å². The minimum Gasteiger partial charge on any atom is -0.393 e. The Morgan fingerprint density at radius 3 is 2.89 bits per heavy atom. The van der Waals surface area contributed by atoms with Crippen LogP contribution in [0.1, 0.15) is 6.42 Å². The summed E-state index contributed by atoms with van der Waals surface area (Å²) in [6.45, 7) is 1.95. The Morgan fingerprint density at radius 2 is 2.33 bits per heavy atom. The normalized spacial score (nSPS) is 10.4. The predicted octanol–water partition coefficient (Wildman–Crippen LogP) is 2.63. The molecule has 1 aromatic rings. The van der Waals surface area contributed by atoms with Crippen molar-refractivity contribution in [2.24, 2.45) is 5.73 Å². The third-order valence-electron chi connectivity index (χ3n) is 2.28. The summed E-state index contributed by atoms with van der Waals surface area (Å²) in [5.41, 5.74) is 5.52. The lowest BCUT2D eigenvalue weighted by atomic mass is 10.3. The largest absolute Gasteiger partial charge is 0.393 e. The minimum atomic E-state index is 0.477. The number of nitrogens with two attached hydrogens (primary N) is 1.